The lowest BCUT2D eigenvalue weighted by Gasteiger charge is -2.33. The van der Waals surface area contributed by atoms with Gasteiger partial charge in [-0.05, 0) is 38.6 Å². The minimum atomic E-state index is -0.0254. The van der Waals surface area contributed by atoms with Gasteiger partial charge < -0.3 is 10.0 Å². The van der Waals surface area contributed by atoms with Crippen LogP contribution in [0.25, 0.3) is 0 Å². The molecule has 0 aromatic heterocycles. The van der Waals surface area contributed by atoms with Crippen molar-refractivity contribution in [2.45, 2.75) is 63.5 Å². The summed E-state index contributed by atoms with van der Waals surface area (Å²) in [5.74, 6) is 0.546. The number of aliphatic hydroxyl groups is 1. The number of hydrogen-bond acceptors (Lipinski definition) is 2. The lowest BCUT2D eigenvalue weighted by atomic mass is 9.86. The summed E-state index contributed by atoms with van der Waals surface area (Å²) in [6, 6.07) is 0.805. The van der Waals surface area contributed by atoms with Gasteiger partial charge in [-0.2, -0.15) is 0 Å². The molecule has 2 heteroatoms. The summed E-state index contributed by atoms with van der Waals surface area (Å²) in [5.41, 5.74) is 0. The molecule has 0 aromatic rings. The summed E-state index contributed by atoms with van der Waals surface area (Å²) in [5, 5.41) is 9.93. The quantitative estimate of drug-likeness (QED) is 0.775. The van der Waals surface area contributed by atoms with Crippen molar-refractivity contribution in [1.82, 2.24) is 4.90 Å². The van der Waals surface area contributed by atoms with Gasteiger partial charge in [0.15, 0.2) is 0 Å². The third-order valence-corrected chi connectivity index (χ3v) is 4.34. The number of hydrogen-bond donors (Lipinski definition) is 1. The van der Waals surface area contributed by atoms with E-state index in [4.69, 9.17) is 0 Å². The molecule has 2 atom stereocenters. The third-order valence-electron chi connectivity index (χ3n) is 4.34. The van der Waals surface area contributed by atoms with Crippen molar-refractivity contribution >= 4 is 0 Å². The van der Waals surface area contributed by atoms with Crippen molar-refractivity contribution in [3.05, 3.63) is 0 Å². The van der Waals surface area contributed by atoms with Crippen LogP contribution in [0.4, 0.5) is 0 Å². The smallest absolute Gasteiger partial charge is 0.0580 e. The van der Waals surface area contributed by atoms with Crippen LogP contribution in [0, 0.1) is 5.92 Å². The molecule has 0 aliphatic heterocycles. The predicted octanol–water partition coefficient (Wildman–Crippen LogP) is 2.41. The highest BCUT2D eigenvalue weighted by atomic mass is 16.3. The molecule has 0 amide bonds. The number of rotatable bonds is 3. The minimum absolute atomic E-state index is 0.0254. The molecular formula is C13H25NO. The second-order valence-electron chi connectivity index (χ2n) is 5.49. The molecule has 0 spiro atoms. The molecular weight excluding hydrogens is 186 g/mol. The van der Waals surface area contributed by atoms with Crippen LogP contribution in [0.3, 0.4) is 0 Å². The van der Waals surface area contributed by atoms with Gasteiger partial charge in [0.25, 0.3) is 0 Å². The van der Waals surface area contributed by atoms with Crippen LogP contribution in [0.2, 0.25) is 0 Å². The van der Waals surface area contributed by atoms with E-state index in [1.165, 1.54) is 44.9 Å². The normalized spacial score (nSPS) is 33.8. The van der Waals surface area contributed by atoms with Crippen molar-refractivity contribution < 1.29 is 5.11 Å². The monoisotopic (exact) mass is 211 g/mol. The Hall–Kier alpha value is -0.0800. The fraction of sp³-hybridized carbons (Fsp3) is 1.00. The predicted molar refractivity (Wildman–Crippen MR) is 62.9 cm³/mol. The van der Waals surface area contributed by atoms with Gasteiger partial charge in [0.1, 0.15) is 0 Å². The van der Waals surface area contributed by atoms with Gasteiger partial charge in [-0.25, -0.2) is 0 Å². The highest BCUT2D eigenvalue weighted by Gasteiger charge is 2.27. The summed E-state index contributed by atoms with van der Waals surface area (Å²) >= 11 is 0. The molecule has 0 aromatic carbocycles. The molecule has 2 nitrogen and oxygen atoms in total. The lowest BCUT2D eigenvalue weighted by molar-refractivity contribution is 0.0437. The van der Waals surface area contributed by atoms with Crippen LogP contribution in [-0.4, -0.2) is 35.7 Å². The van der Waals surface area contributed by atoms with E-state index >= 15 is 0 Å². The molecule has 2 saturated carbocycles. The Morgan fingerprint density at radius 2 is 1.60 bits per heavy atom. The Morgan fingerprint density at radius 3 is 2.27 bits per heavy atom. The van der Waals surface area contributed by atoms with Crippen molar-refractivity contribution in [3.8, 4) is 0 Å². The molecule has 0 bridgehead atoms. The van der Waals surface area contributed by atoms with Crippen LogP contribution in [0.5, 0.6) is 0 Å². The average Bonchev–Trinajstić information content (AvgIpc) is 2.74. The Bertz CT molecular complexity index is 189. The molecule has 1 N–H and O–H groups in total. The zero-order valence-electron chi connectivity index (χ0n) is 9.99. The fourth-order valence-corrected chi connectivity index (χ4v) is 3.27. The molecule has 2 aliphatic carbocycles. The largest absolute Gasteiger partial charge is 0.393 e. The highest BCUT2D eigenvalue weighted by molar-refractivity contribution is 4.81. The standard InChI is InChI=1S/C13H25NO/c1-14(12-7-3-4-8-12)10-11-6-2-5-9-13(11)15/h11-13,15H,2-10H2,1H3. The van der Waals surface area contributed by atoms with E-state index in [0.29, 0.717) is 5.92 Å². The molecule has 88 valence electrons. The Labute approximate surface area is 93.7 Å². The average molecular weight is 211 g/mol. The van der Waals surface area contributed by atoms with E-state index in [9.17, 15) is 5.11 Å². The first-order valence-corrected chi connectivity index (χ1v) is 6.65. The van der Waals surface area contributed by atoms with Gasteiger partial charge in [-0.3, -0.25) is 0 Å². The second-order valence-corrected chi connectivity index (χ2v) is 5.49. The first-order valence-electron chi connectivity index (χ1n) is 6.65. The molecule has 2 unspecified atom stereocenters. The molecule has 15 heavy (non-hydrogen) atoms. The van der Waals surface area contributed by atoms with E-state index in [1.807, 2.05) is 0 Å². The molecule has 2 aliphatic rings. The zero-order chi connectivity index (χ0) is 10.7. The van der Waals surface area contributed by atoms with Crippen LogP contribution >= 0.6 is 0 Å². The van der Waals surface area contributed by atoms with E-state index in [1.54, 1.807) is 0 Å². The third kappa shape index (κ3) is 2.94. The van der Waals surface area contributed by atoms with Gasteiger partial charge in [0.05, 0.1) is 6.10 Å². The summed E-state index contributed by atoms with van der Waals surface area (Å²) in [6.07, 6.45) is 10.3. The zero-order valence-corrected chi connectivity index (χ0v) is 9.99. The maximum absolute atomic E-state index is 9.93. The molecule has 2 rings (SSSR count). The molecule has 0 radical (unpaired) electrons. The van der Waals surface area contributed by atoms with Crippen molar-refractivity contribution in [1.29, 1.82) is 0 Å². The first-order chi connectivity index (χ1) is 7.27. The van der Waals surface area contributed by atoms with Crippen LogP contribution in [0.1, 0.15) is 51.4 Å². The summed E-state index contributed by atoms with van der Waals surface area (Å²) < 4.78 is 0. The Morgan fingerprint density at radius 1 is 1.00 bits per heavy atom. The minimum Gasteiger partial charge on any atom is -0.393 e. The molecule has 0 heterocycles. The van der Waals surface area contributed by atoms with Crippen LogP contribution in [0.15, 0.2) is 0 Å². The fourth-order valence-electron chi connectivity index (χ4n) is 3.27. The first kappa shape index (κ1) is 11.4. The Kier molecular flexibility index (Phi) is 4.04. The molecule has 2 fully saturated rings. The maximum atomic E-state index is 9.93. The van der Waals surface area contributed by atoms with Crippen LogP contribution in [-0.2, 0) is 0 Å². The van der Waals surface area contributed by atoms with E-state index in [2.05, 4.69) is 11.9 Å². The van der Waals surface area contributed by atoms with Gasteiger partial charge in [0, 0.05) is 12.6 Å². The summed E-state index contributed by atoms with van der Waals surface area (Å²) in [6.45, 7) is 1.12. The summed E-state index contributed by atoms with van der Waals surface area (Å²) in [4.78, 5) is 2.51. The van der Waals surface area contributed by atoms with Gasteiger partial charge in [0.2, 0.25) is 0 Å². The second kappa shape index (κ2) is 5.31. The maximum Gasteiger partial charge on any atom is 0.0580 e. The van der Waals surface area contributed by atoms with Gasteiger partial charge >= 0.3 is 0 Å². The molecule has 0 saturated heterocycles. The SMILES string of the molecule is CN(CC1CCCCC1O)C1CCCC1. The van der Waals surface area contributed by atoms with Crippen LogP contribution < -0.4 is 0 Å². The van der Waals surface area contributed by atoms with Gasteiger partial charge in [-0.15, -0.1) is 0 Å². The van der Waals surface area contributed by atoms with E-state index < -0.39 is 0 Å². The highest BCUT2D eigenvalue weighted by Crippen LogP contribution is 2.28. The van der Waals surface area contributed by atoms with E-state index in [0.717, 1.165) is 19.0 Å². The van der Waals surface area contributed by atoms with Crippen molar-refractivity contribution in [2.24, 2.45) is 5.92 Å². The Balaban J connectivity index is 1.78. The summed E-state index contributed by atoms with van der Waals surface area (Å²) in [7, 11) is 2.25. The lowest BCUT2D eigenvalue weighted by Crippen LogP contribution is -2.39. The van der Waals surface area contributed by atoms with Gasteiger partial charge in [-0.1, -0.05) is 25.7 Å². The number of nitrogens with zero attached hydrogens (tertiary/aromatic N) is 1. The van der Waals surface area contributed by atoms with Crippen molar-refractivity contribution in [2.75, 3.05) is 13.6 Å². The van der Waals surface area contributed by atoms with Crippen molar-refractivity contribution in [3.63, 3.8) is 0 Å². The number of aliphatic hydroxyl groups excluding tert-OH is 1. The topological polar surface area (TPSA) is 23.5 Å². The van der Waals surface area contributed by atoms with E-state index in [-0.39, 0.29) is 6.10 Å².